The molecule has 2 amide bonds. The highest BCUT2D eigenvalue weighted by molar-refractivity contribution is 5.83. The largest absolute Gasteiger partial charge is 0.496 e. The predicted octanol–water partition coefficient (Wildman–Crippen LogP) is 4.12. The minimum absolute atomic E-state index is 0.0472. The average Bonchev–Trinajstić information content (AvgIpc) is 3.64. The van der Waals surface area contributed by atoms with Gasteiger partial charge in [-0.05, 0) is 61.1 Å². The van der Waals surface area contributed by atoms with Crippen LogP contribution < -0.4 is 10.1 Å². The Morgan fingerprint density at radius 2 is 1.69 bits per heavy atom. The lowest BCUT2D eigenvalue weighted by molar-refractivity contribution is -0.132. The van der Waals surface area contributed by atoms with E-state index in [1.807, 2.05) is 35.2 Å². The van der Waals surface area contributed by atoms with Crippen LogP contribution in [0.25, 0.3) is 0 Å². The average molecular weight is 491 g/mol. The first-order chi connectivity index (χ1) is 17.6. The number of piperidine rings is 1. The molecule has 2 aliphatic heterocycles. The van der Waals surface area contributed by atoms with Crippen molar-refractivity contribution in [3.8, 4) is 5.75 Å². The number of amides is 2. The number of rotatable bonds is 8. The smallest absolute Gasteiger partial charge is 0.223 e. The second-order valence-electron chi connectivity index (χ2n) is 10.8. The molecule has 0 bridgehead atoms. The zero-order valence-corrected chi connectivity index (χ0v) is 21.3. The van der Waals surface area contributed by atoms with Crippen molar-refractivity contribution in [2.24, 2.45) is 11.3 Å². The Kier molecular flexibility index (Phi) is 7.33. The van der Waals surface area contributed by atoms with E-state index in [2.05, 4.69) is 29.6 Å². The minimum Gasteiger partial charge on any atom is -0.496 e. The third-order valence-electron chi connectivity index (χ3n) is 8.86. The lowest BCUT2D eigenvalue weighted by Gasteiger charge is -2.38. The number of nitrogens with zero attached hydrogens (tertiary/aromatic N) is 1. The van der Waals surface area contributed by atoms with Gasteiger partial charge in [-0.2, -0.15) is 0 Å². The van der Waals surface area contributed by atoms with E-state index in [4.69, 9.17) is 9.47 Å². The van der Waals surface area contributed by atoms with Gasteiger partial charge in [0.25, 0.3) is 0 Å². The van der Waals surface area contributed by atoms with Crippen molar-refractivity contribution in [2.45, 2.75) is 50.4 Å². The van der Waals surface area contributed by atoms with Gasteiger partial charge < -0.3 is 19.7 Å². The van der Waals surface area contributed by atoms with Crippen molar-refractivity contribution in [3.63, 3.8) is 0 Å². The number of carbonyl (C=O) groups is 2. The molecule has 1 aliphatic carbocycles. The molecule has 1 unspecified atom stereocenters. The zero-order chi connectivity index (χ0) is 25.0. The topological polar surface area (TPSA) is 67.9 Å². The van der Waals surface area contributed by atoms with Crippen LogP contribution in [0.1, 0.15) is 49.7 Å². The van der Waals surface area contributed by atoms with E-state index < -0.39 is 0 Å². The summed E-state index contributed by atoms with van der Waals surface area (Å²) in [5, 5.41) is 3.32. The summed E-state index contributed by atoms with van der Waals surface area (Å²) in [4.78, 5) is 28.0. The van der Waals surface area contributed by atoms with E-state index in [9.17, 15) is 9.59 Å². The van der Waals surface area contributed by atoms with Crippen molar-refractivity contribution in [3.05, 3.63) is 65.7 Å². The van der Waals surface area contributed by atoms with Crippen LogP contribution in [-0.2, 0) is 26.2 Å². The summed E-state index contributed by atoms with van der Waals surface area (Å²) >= 11 is 0. The summed E-state index contributed by atoms with van der Waals surface area (Å²) in [7, 11) is 1.66. The van der Waals surface area contributed by atoms with E-state index in [1.165, 1.54) is 5.56 Å². The normalized spacial score (nSPS) is 22.1. The van der Waals surface area contributed by atoms with Crippen LogP contribution >= 0.6 is 0 Å². The maximum Gasteiger partial charge on any atom is 0.223 e. The second kappa shape index (κ2) is 10.6. The van der Waals surface area contributed by atoms with Crippen LogP contribution in [0.3, 0.4) is 0 Å². The molecule has 2 heterocycles. The van der Waals surface area contributed by atoms with Crippen LogP contribution in [0.15, 0.2) is 54.6 Å². The standard InChI is InChI=1S/C30H38N2O4/c1-35-26-10-6-5-7-23(26)11-12-27(33)32-17-13-29(14-18-32)21-25(29)28(34)31-22-30(15-19-36-20-16-30)24-8-3-2-4-9-24/h2-10,25H,11-22H2,1H3,(H,31,34). The molecule has 36 heavy (non-hydrogen) atoms. The van der Waals surface area contributed by atoms with Crippen molar-refractivity contribution in [2.75, 3.05) is 40.0 Å². The minimum atomic E-state index is -0.0472. The Morgan fingerprint density at radius 1 is 1.00 bits per heavy atom. The molecule has 5 rings (SSSR count). The van der Waals surface area contributed by atoms with Gasteiger partial charge in [0.15, 0.2) is 0 Å². The number of hydrogen-bond acceptors (Lipinski definition) is 4. The summed E-state index contributed by atoms with van der Waals surface area (Å²) in [5.74, 6) is 1.30. The highest BCUT2D eigenvalue weighted by atomic mass is 16.5. The molecule has 0 aromatic heterocycles. The van der Waals surface area contributed by atoms with Crippen molar-refractivity contribution >= 4 is 11.8 Å². The van der Waals surface area contributed by atoms with Crippen molar-refractivity contribution < 1.29 is 19.1 Å². The molecule has 1 atom stereocenters. The Morgan fingerprint density at radius 3 is 2.42 bits per heavy atom. The lowest BCUT2D eigenvalue weighted by Crippen LogP contribution is -2.46. The molecule has 2 aromatic carbocycles. The van der Waals surface area contributed by atoms with Crippen LogP contribution in [-0.4, -0.2) is 56.7 Å². The first-order valence-electron chi connectivity index (χ1n) is 13.4. The van der Waals surface area contributed by atoms with E-state index in [1.54, 1.807) is 7.11 Å². The SMILES string of the molecule is COc1ccccc1CCC(=O)N1CCC2(CC1)CC2C(=O)NCC1(c2ccccc2)CCOCC1. The molecule has 192 valence electrons. The number of benzene rings is 2. The van der Waals surface area contributed by atoms with E-state index >= 15 is 0 Å². The summed E-state index contributed by atoms with van der Waals surface area (Å²) < 4.78 is 11.0. The highest BCUT2D eigenvalue weighted by Gasteiger charge is 2.58. The fourth-order valence-electron chi connectivity index (χ4n) is 6.28. The van der Waals surface area contributed by atoms with Crippen LogP contribution in [0.4, 0.5) is 0 Å². The highest BCUT2D eigenvalue weighted by Crippen LogP contribution is 2.59. The van der Waals surface area contributed by atoms with Gasteiger partial charge in [0, 0.05) is 50.6 Å². The second-order valence-corrected chi connectivity index (χ2v) is 10.8. The van der Waals surface area contributed by atoms with Gasteiger partial charge in [0.1, 0.15) is 5.75 Å². The van der Waals surface area contributed by atoms with Crippen LogP contribution in [0, 0.1) is 11.3 Å². The van der Waals surface area contributed by atoms with Crippen molar-refractivity contribution in [1.82, 2.24) is 10.2 Å². The molecular weight excluding hydrogens is 452 g/mol. The molecule has 3 fully saturated rings. The van der Waals surface area contributed by atoms with Gasteiger partial charge in [-0.3, -0.25) is 9.59 Å². The van der Waals surface area contributed by atoms with Crippen molar-refractivity contribution in [1.29, 1.82) is 0 Å². The summed E-state index contributed by atoms with van der Waals surface area (Å²) in [6, 6.07) is 18.4. The number of methoxy groups -OCH3 is 1. The summed E-state index contributed by atoms with van der Waals surface area (Å²) in [6.45, 7) is 3.64. The number of likely N-dealkylation sites (tertiary alicyclic amines) is 1. The summed E-state index contributed by atoms with van der Waals surface area (Å²) in [6.07, 6.45) is 5.82. The molecule has 2 aromatic rings. The molecule has 1 N–H and O–H groups in total. The molecule has 6 heteroatoms. The van der Waals surface area contributed by atoms with Crippen LogP contribution in [0.2, 0.25) is 0 Å². The number of ether oxygens (including phenoxy) is 2. The van der Waals surface area contributed by atoms with Gasteiger partial charge in [-0.1, -0.05) is 48.5 Å². The Hall–Kier alpha value is -2.86. The zero-order valence-electron chi connectivity index (χ0n) is 21.3. The molecule has 2 saturated heterocycles. The maximum absolute atomic E-state index is 13.2. The van der Waals surface area contributed by atoms with E-state index in [0.717, 1.165) is 69.7 Å². The third-order valence-corrected chi connectivity index (χ3v) is 8.86. The number of aryl methyl sites for hydroxylation is 1. The molecule has 6 nitrogen and oxygen atoms in total. The van der Waals surface area contributed by atoms with Gasteiger partial charge >= 0.3 is 0 Å². The van der Waals surface area contributed by atoms with E-state index in [-0.39, 0.29) is 28.6 Å². The lowest BCUT2D eigenvalue weighted by atomic mass is 9.74. The van der Waals surface area contributed by atoms with E-state index in [0.29, 0.717) is 19.4 Å². The molecule has 1 saturated carbocycles. The third kappa shape index (κ3) is 5.15. The molecular formula is C30H38N2O4. The molecule has 3 aliphatic rings. The fraction of sp³-hybridized carbons (Fsp3) is 0.533. The molecule has 1 spiro atoms. The Labute approximate surface area is 214 Å². The number of nitrogens with one attached hydrogen (secondary N) is 1. The fourth-order valence-corrected chi connectivity index (χ4v) is 6.28. The Bertz CT molecular complexity index is 1060. The van der Waals surface area contributed by atoms with Gasteiger partial charge in [-0.25, -0.2) is 0 Å². The number of para-hydroxylation sites is 1. The van der Waals surface area contributed by atoms with Crippen LogP contribution in [0.5, 0.6) is 5.75 Å². The quantitative estimate of drug-likeness (QED) is 0.605. The number of hydrogen-bond donors (Lipinski definition) is 1. The molecule has 0 radical (unpaired) electrons. The number of carbonyl (C=O) groups excluding carboxylic acids is 2. The van der Waals surface area contributed by atoms with Gasteiger partial charge in [0.2, 0.25) is 11.8 Å². The van der Waals surface area contributed by atoms with Gasteiger partial charge in [-0.15, -0.1) is 0 Å². The maximum atomic E-state index is 13.2. The first-order valence-corrected chi connectivity index (χ1v) is 13.4. The Balaban J connectivity index is 1.11. The van der Waals surface area contributed by atoms with Gasteiger partial charge in [0.05, 0.1) is 7.11 Å². The summed E-state index contributed by atoms with van der Waals surface area (Å²) in [5.41, 5.74) is 2.39. The first kappa shape index (κ1) is 24.8. The predicted molar refractivity (Wildman–Crippen MR) is 139 cm³/mol. The monoisotopic (exact) mass is 490 g/mol.